The first-order chi connectivity index (χ1) is 12.8. The molecule has 3 aromatic rings. The van der Waals surface area contributed by atoms with E-state index in [0.717, 1.165) is 47.7 Å². The number of nitrogens with zero attached hydrogens (tertiary/aromatic N) is 4. The first kappa shape index (κ1) is 16.8. The lowest BCUT2D eigenvalue weighted by Crippen LogP contribution is -2.41. The normalized spacial score (nSPS) is 15.1. The van der Waals surface area contributed by atoms with Crippen LogP contribution < -0.4 is 10.2 Å². The number of fused-ring (bicyclic) bond motifs is 1. The van der Waals surface area contributed by atoms with E-state index in [9.17, 15) is 4.79 Å². The summed E-state index contributed by atoms with van der Waals surface area (Å²) >= 11 is 1.65. The predicted octanol–water partition coefficient (Wildman–Crippen LogP) is 3.11. The number of hydrogen-bond donors (Lipinski definition) is 1. The monoisotopic (exact) mass is 367 g/mol. The van der Waals surface area contributed by atoms with Crippen LogP contribution in [0.4, 0.5) is 9.93 Å². The molecule has 1 aromatic carbocycles. The Morgan fingerprint density at radius 3 is 2.88 bits per heavy atom. The minimum atomic E-state index is -0.0149. The van der Waals surface area contributed by atoms with Gasteiger partial charge in [-0.1, -0.05) is 24.3 Å². The molecule has 26 heavy (non-hydrogen) atoms. The molecule has 1 aliphatic heterocycles. The van der Waals surface area contributed by atoms with E-state index in [0.29, 0.717) is 13.1 Å². The maximum atomic E-state index is 12.6. The molecule has 1 fully saturated rings. The second kappa shape index (κ2) is 7.70. The van der Waals surface area contributed by atoms with Crippen molar-refractivity contribution in [1.82, 2.24) is 20.2 Å². The molecule has 0 radical (unpaired) electrons. The fraction of sp³-hybridized carbons (Fsp3) is 0.316. The SMILES string of the molecule is O=C(NCc1cccc2cccnc12)N1CCCN(c2nccs2)CC1. The van der Waals surface area contributed by atoms with Crippen molar-refractivity contribution in [3.63, 3.8) is 0 Å². The van der Waals surface area contributed by atoms with E-state index in [4.69, 9.17) is 0 Å². The summed E-state index contributed by atoms with van der Waals surface area (Å²) in [5, 5.41) is 7.17. The van der Waals surface area contributed by atoms with Crippen molar-refractivity contribution in [3.05, 3.63) is 53.7 Å². The number of anilines is 1. The van der Waals surface area contributed by atoms with Crippen LogP contribution in [0, 0.1) is 0 Å². The summed E-state index contributed by atoms with van der Waals surface area (Å²) < 4.78 is 0. The number of urea groups is 1. The second-order valence-electron chi connectivity index (χ2n) is 6.29. The van der Waals surface area contributed by atoms with Crippen molar-refractivity contribution in [2.24, 2.45) is 0 Å². The summed E-state index contributed by atoms with van der Waals surface area (Å²) in [6.45, 7) is 3.71. The molecule has 7 heteroatoms. The Labute approximate surface area is 156 Å². The van der Waals surface area contributed by atoms with E-state index in [2.05, 4.69) is 20.2 Å². The molecule has 1 N–H and O–H groups in total. The number of aromatic nitrogens is 2. The van der Waals surface area contributed by atoms with Crippen LogP contribution in [0.1, 0.15) is 12.0 Å². The molecule has 2 aromatic heterocycles. The number of thiazole rings is 1. The van der Waals surface area contributed by atoms with Crippen LogP contribution in [-0.4, -0.2) is 47.1 Å². The Bertz CT molecular complexity index is 877. The molecule has 0 unspecified atom stereocenters. The number of nitrogens with one attached hydrogen (secondary N) is 1. The summed E-state index contributed by atoms with van der Waals surface area (Å²) in [6.07, 6.45) is 4.56. The van der Waals surface area contributed by atoms with Gasteiger partial charge in [-0.15, -0.1) is 11.3 Å². The molecule has 4 rings (SSSR count). The van der Waals surface area contributed by atoms with Gasteiger partial charge in [0.05, 0.1) is 5.52 Å². The highest BCUT2D eigenvalue weighted by atomic mass is 32.1. The van der Waals surface area contributed by atoms with Gasteiger partial charge < -0.3 is 15.1 Å². The highest BCUT2D eigenvalue weighted by Crippen LogP contribution is 2.19. The quantitative estimate of drug-likeness (QED) is 0.773. The largest absolute Gasteiger partial charge is 0.346 e. The molecule has 6 nitrogen and oxygen atoms in total. The molecule has 134 valence electrons. The average molecular weight is 367 g/mol. The molecule has 0 atom stereocenters. The third-order valence-electron chi connectivity index (χ3n) is 4.62. The zero-order chi connectivity index (χ0) is 17.8. The van der Waals surface area contributed by atoms with Gasteiger partial charge in [0.25, 0.3) is 0 Å². The number of hydrogen-bond acceptors (Lipinski definition) is 5. The summed E-state index contributed by atoms with van der Waals surface area (Å²) in [5.74, 6) is 0. The highest BCUT2D eigenvalue weighted by Gasteiger charge is 2.20. The molecule has 0 saturated carbocycles. The van der Waals surface area contributed by atoms with Crippen LogP contribution >= 0.6 is 11.3 Å². The minimum absolute atomic E-state index is 0.0149. The van der Waals surface area contributed by atoms with Gasteiger partial charge in [-0.3, -0.25) is 4.98 Å². The number of benzene rings is 1. The van der Waals surface area contributed by atoms with Crippen LogP contribution in [-0.2, 0) is 6.54 Å². The Balaban J connectivity index is 1.37. The first-order valence-electron chi connectivity index (χ1n) is 8.81. The van der Waals surface area contributed by atoms with E-state index in [-0.39, 0.29) is 6.03 Å². The molecule has 0 spiro atoms. The summed E-state index contributed by atoms with van der Waals surface area (Å²) in [5.41, 5.74) is 1.98. The van der Waals surface area contributed by atoms with Crippen molar-refractivity contribution < 1.29 is 4.79 Å². The van der Waals surface area contributed by atoms with Crippen molar-refractivity contribution in [3.8, 4) is 0 Å². The van der Waals surface area contributed by atoms with E-state index in [1.165, 1.54) is 0 Å². The zero-order valence-electron chi connectivity index (χ0n) is 14.5. The standard InChI is InChI=1S/C19H21N5OS/c25-18(22-14-16-5-1-4-15-6-2-7-20-17(15)16)23-9-3-10-24(12-11-23)19-21-8-13-26-19/h1-2,4-8,13H,3,9-12,14H2,(H,22,25). The summed E-state index contributed by atoms with van der Waals surface area (Å²) in [6, 6.07) is 10.0. The number of para-hydroxylation sites is 1. The Morgan fingerprint density at radius 1 is 1.08 bits per heavy atom. The Hall–Kier alpha value is -2.67. The van der Waals surface area contributed by atoms with Crippen molar-refractivity contribution in [1.29, 1.82) is 0 Å². The maximum Gasteiger partial charge on any atom is 0.317 e. The molecule has 1 aliphatic rings. The van der Waals surface area contributed by atoms with Gasteiger partial charge in [-0.25, -0.2) is 9.78 Å². The number of carbonyl (C=O) groups excluding carboxylic acids is 1. The van der Waals surface area contributed by atoms with Crippen LogP contribution in [0.3, 0.4) is 0 Å². The van der Waals surface area contributed by atoms with E-state index in [1.807, 2.05) is 46.8 Å². The van der Waals surface area contributed by atoms with Gasteiger partial charge in [0, 0.05) is 55.9 Å². The van der Waals surface area contributed by atoms with Gasteiger partial charge in [0.15, 0.2) is 5.13 Å². The second-order valence-corrected chi connectivity index (χ2v) is 7.17. The lowest BCUT2D eigenvalue weighted by molar-refractivity contribution is 0.201. The van der Waals surface area contributed by atoms with Gasteiger partial charge in [-0.2, -0.15) is 0 Å². The Morgan fingerprint density at radius 2 is 2.00 bits per heavy atom. The maximum absolute atomic E-state index is 12.6. The van der Waals surface area contributed by atoms with Crippen LogP contribution in [0.25, 0.3) is 10.9 Å². The number of carbonyl (C=O) groups is 1. The summed E-state index contributed by atoms with van der Waals surface area (Å²) in [7, 11) is 0. The molecule has 1 saturated heterocycles. The minimum Gasteiger partial charge on any atom is -0.346 e. The topological polar surface area (TPSA) is 61.4 Å². The number of amides is 2. The van der Waals surface area contributed by atoms with Crippen LogP contribution in [0.15, 0.2) is 48.1 Å². The lowest BCUT2D eigenvalue weighted by atomic mass is 10.1. The van der Waals surface area contributed by atoms with E-state index >= 15 is 0 Å². The molecular formula is C19H21N5OS. The van der Waals surface area contributed by atoms with Gasteiger partial charge in [0.1, 0.15) is 0 Å². The third kappa shape index (κ3) is 3.62. The molecule has 3 heterocycles. The zero-order valence-corrected chi connectivity index (χ0v) is 15.3. The molecular weight excluding hydrogens is 346 g/mol. The van der Waals surface area contributed by atoms with Gasteiger partial charge >= 0.3 is 6.03 Å². The third-order valence-corrected chi connectivity index (χ3v) is 5.45. The molecule has 0 aliphatic carbocycles. The van der Waals surface area contributed by atoms with Crippen LogP contribution in [0.2, 0.25) is 0 Å². The fourth-order valence-corrected chi connectivity index (χ4v) is 3.97. The molecule has 0 bridgehead atoms. The van der Waals surface area contributed by atoms with Gasteiger partial charge in [-0.05, 0) is 18.1 Å². The van der Waals surface area contributed by atoms with Gasteiger partial charge in [0.2, 0.25) is 0 Å². The Kier molecular flexibility index (Phi) is 4.97. The van der Waals surface area contributed by atoms with E-state index < -0.39 is 0 Å². The van der Waals surface area contributed by atoms with E-state index in [1.54, 1.807) is 17.5 Å². The molecule has 2 amide bonds. The highest BCUT2D eigenvalue weighted by molar-refractivity contribution is 7.13. The van der Waals surface area contributed by atoms with Crippen molar-refractivity contribution >= 4 is 33.4 Å². The lowest BCUT2D eigenvalue weighted by Gasteiger charge is -2.22. The smallest absolute Gasteiger partial charge is 0.317 e. The first-order valence-corrected chi connectivity index (χ1v) is 9.69. The number of rotatable bonds is 3. The predicted molar refractivity (Wildman–Crippen MR) is 104 cm³/mol. The summed E-state index contributed by atoms with van der Waals surface area (Å²) in [4.78, 5) is 25.6. The van der Waals surface area contributed by atoms with Crippen molar-refractivity contribution in [2.75, 3.05) is 31.1 Å². The average Bonchev–Trinajstić information content (AvgIpc) is 3.10. The van der Waals surface area contributed by atoms with Crippen LogP contribution in [0.5, 0.6) is 0 Å². The number of pyridine rings is 1. The van der Waals surface area contributed by atoms with Crippen molar-refractivity contribution in [2.45, 2.75) is 13.0 Å². The fourth-order valence-electron chi connectivity index (χ4n) is 3.28.